The Balaban J connectivity index is 4.61. The van der Waals surface area contributed by atoms with Crippen LogP contribution in [0, 0.1) is 0 Å². The van der Waals surface area contributed by atoms with E-state index in [1.54, 1.807) is 11.8 Å². The molecule has 0 fully saturated rings. The average Bonchev–Trinajstić information content (AvgIpc) is 2.05. The number of allylic oxidation sites excluding steroid dienone is 2. The molecule has 0 aromatic carbocycles. The molecule has 11 heavy (non-hydrogen) atoms. The van der Waals surface area contributed by atoms with Crippen LogP contribution < -0.4 is 0 Å². The number of hydrogen-bond donors (Lipinski definition) is 0. The van der Waals surface area contributed by atoms with Crippen LogP contribution in [-0.2, 0) is 0 Å². The van der Waals surface area contributed by atoms with Crippen LogP contribution in [0.3, 0.4) is 0 Å². The molecule has 0 rings (SSSR count). The van der Waals surface area contributed by atoms with Crippen LogP contribution >= 0.6 is 11.8 Å². The second-order valence-corrected chi connectivity index (χ2v) is 2.77. The SMILES string of the molecule is C=C/C(CC)=C(\N=C/C)SC. The van der Waals surface area contributed by atoms with Crippen LogP contribution in [-0.4, -0.2) is 12.5 Å². The summed E-state index contributed by atoms with van der Waals surface area (Å²) in [7, 11) is 0. The first kappa shape index (κ1) is 10.5. The molecule has 0 atom stereocenters. The molecule has 62 valence electrons. The van der Waals surface area contributed by atoms with E-state index in [0.29, 0.717) is 0 Å². The fraction of sp³-hybridized carbons (Fsp3) is 0.444. The molecule has 0 bridgehead atoms. The average molecular weight is 169 g/mol. The van der Waals surface area contributed by atoms with Gasteiger partial charge in [0.05, 0.1) is 5.03 Å². The van der Waals surface area contributed by atoms with Crippen molar-refractivity contribution in [2.24, 2.45) is 4.99 Å². The van der Waals surface area contributed by atoms with E-state index in [-0.39, 0.29) is 0 Å². The van der Waals surface area contributed by atoms with E-state index in [0.717, 1.165) is 11.4 Å². The second kappa shape index (κ2) is 6.23. The van der Waals surface area contributed by atoms with Crippen molar-refractivity contribution in [1.29, 1.82) is 0 Å². The minimum Gasteiger partial charge on any atom is -0.254 e. The zero-order chi connectivity index (χ0) is 8.69. The maximum absolute atomic E-state index is 4.23. The first-order valence-electron chi connectivity index (χ1n) is 3.68. The Labute approximate surface area is 73.3 Å². The van der Waals surface area contributed by atoms with Gasteiger partial charge in [0, 0.05) is 6.21 Å². The Morgan fingerprint density at radius 3 is 2.55 bits per heavy atom. The maximum atomic E-state index is 4.23. The number of rotatable bonds is 4. The lowest BCUT2D eigenvalue weighted by atomic mass is 10.2. The summed E-state index contributed by atoms with van der Waals surface area (Å²) in [6.45, 7) is 7.77. The standard InChI is InChI=1S/C9H15NS/c1-5-8(6-2)9(11-4)10-7-3/h5,7H,1,6H2,2-4H3/b9-8-,10-7-. The van der Waals surface area contributed by atoms with E-state index in [4.69, 9.17) is 0 Å². The van der Waals surface area contributed by atoms with Gasteiger partial charge < -0.3 is 0 Å². The van der Waals surface area contributed by atoms with Gasteiger partial charge in [-0.2, -0.15) is 0 Å². The Morgan fingerprint density at radius 1 is 1.64 bits per heavy atom. The molecule has 0 aromatic rings. The highest BCUT2D eigenvalue weighted by Gasteiger charge is 1.96. The third-order valence-corrected chi connectivity index (χ3v) is 2.10. The van der Waals surface area contributed by atoms with E-state index in [1.807, 2.05) is 25.5 Å². The predicted molar refractivity (Wildman–Crippen MR) is 55.2 cm³/mol. The third kappa shape index (κ3) is 3.42. The molecule has 0 N–H and O–H groups in total. The smallest absolute Gasteiger partial charge is 0.0984 e. The highest BCUT2D eigenvalue weighted by molar-refractivity contribution is 8.02. The van der Waals surface area contributed by atoms with E-state index in [1.165, 1.54) is 5.57 Å². The Kier molecular flexibility index (Phi) is 5.94. The van der Waals surface area contributed by atoms with Gasteiger partial charge in [0.15, 0.2) is 0 Å². The lowest BCUT2D eigenvalue weighted by Gasteiger charge is -2.01. The summed E-state index contributed by atoms with van der Waals surface area (Å²) >= 11 is 1.66. The van der Waals surface area contributed by atoms with Crippen LogP contribution in [0.2, 0.25) is 0 Å². The van der Waals surface area contributed by atoms with Gasteiger partial charge in [-0.3, -0.25) is 4.99 Å². The number of aliphatic imine (C=N–C) groups is 1. The lowest BCUT2D eigenvalue weighted by Crippen LogP contribution is -1.80. The largest absolute Gasteiger partial charge is 0.254 e. The lowest BCUT2D eigenvalue weighted by molar-refractivity contribution is 1.13. The minimum absolute atomic E-state index is 0.997. The van der Waals surface area contributed by atoms with Crippen molar-refractivity contribution in [3.63, 3.8) is 0 Å². The minimum atomic E-state index is 0.997. The third-order valence-electron chi connectivity index (χ3n) is 1.34. The predicted octanol–water partition coefficient (Wildman–Crippen LogP) is 3.25. The van der Waals surface area contributed by atoms with Crippen LogP contribution in [0.5, 0.6) is 0 Å². The first-order chi connectivity index (χ1) is 5.29. The topological polar surface area (TPSA) is 12.4 Å². The summed E-state index contributed by atoms with van der Waals surface area (Å²) in [5.41, 5.74) is 1.22. The molecule has 0 saturated heterocycles. The monoisotopic (exact) mass is 169 g/mol. The number of nitrogens with zero attached hydrogens (tertiary/aromatic N) is 1. The van der Waals surface area contributed by atoms with Gasteiger partial charge in [0.1, 0.15) is 0 Å². The van der Waals surface area contributed by atoms with Crippen molar-refractivity contribution >= 4 is 18.0 Å². The maximum Gasteiger partial charge on any atom is 0.0984 e. The van der Waals surface area contributed by atoms with Crippen LogP contribution in [0.15, 0.2) is 28.2 Å². The van der Waals surface area contributed by atoms with Gasteiger partial charge in [0.25, 0.3) is 0 Å². The second-order valence-electron chi connectivity index (χ2n) is 1.98. The summed E-state index contributed by atoms with van der Waals surface area (Å²) in [4.78, 5) is 4.23. The van der Waals surface area contributed by atoms with E-state index in [2.05, 4.69) is 18.5 Å². The Hall–Kier alpha value is -0.500. The zero-order valence-corrected chi connectivity index (χ0v) is 8.24. The molecule has 2 heteroatoms. The van der Waals surface area contributed by atoms with Gasteiger partial charge >= 0.3 is 0 Å². The highest BCUT2D eigenvalue weighted by Crippen LogP contribution is 2.20. The van der Waals surface area contributed by atoms with Crippen molar-refractivity contribution < 1.29 is 0 Å². The van der Waals surface area contributed by atoms with Crippen LogP contribution in [0.1, 0.15) is 20.3 Å². The summed E-state index contributed by atoms with van der Waals surface area (Å²) < 4.78 is 0. The summed E-state index contributed by atoms with van der Waals surface area (Å²) in [5, 5.41) is 1.07. The molecule has 0 aromatic heterocycles. The molecular weight excluding hydrogens is 154 g/mol. The summed E-state index contributed by atoms with van der Waals surface area (Å²) in [6.07, 6.45) is 6.71. The Morgan fingerprint density at radius 2 is 2.27 bits per heavy atom. The summed E-state index contributed by atoms with van der Waals surface area (Å²) in [6, 6.07) is 0. The zero-order valence-electron chi connectivity index (χ0n) is 7.42. The number of hydrogen-bond acceptors (Lipinski definition) is 2. The summed E-state index contributed by atoms with van der Waals surface area (Å²) in [5.74, 6) is 0. The van der Waals surface area contributed by atoms with Gasteiger partial charge in [0.2, 0.25) is 0 Å². The molecule has 0 saturated carbocycles. The normalized spacial score (nSPS) is 13.4. The molecular formula is C9H15NS. The molecule has 0 heterocycles. The molecule has 0 radical (unpaired) electrons. The fourth-order valence-electron chi connectivity index (χ4n) is 0.767. The molecule has 0 aliphatic heterocycles. The van der Waals surface area contributed by atoms with E-state index >= 15 is 0 Å². The van der Waals surface area contributed by atoms with Crippen LogP contribution in [0.4, 0.5) is 0 Å². The molecule has 0 aliphatic rings. The van der Waals surface area contributed by atoms with Gasteiger partial charge in [-0.05, 0) is 25.2 Å². The van der Waals surface area contributed by atoms with Gasteiger partial charge in [-0.15, -0.1) is 11.8 Å². The fourth-order valence-corrected chi connectivity index (χ4v) is 1.47. The first-order valence-corrected chi connectivity index (χ1v) is 4.90. The van der Waals surface area contributed by atoms with Crippen LogP contribution in [0.25, 0.3) is 0 Å². The van der Waals surface area contributed by atoms with Crippen molar-refractivity contribution in [3.8, 4) is 0 Å². The van der Waals surface area contributed by atoms with E-state index < -0.39 is 0 Å². The quantitative estimate of drug-likeness (QED) is 0.465. The molecule has 0 amide bonds. The van der Waals surface area contributed by atoms with Crippen molar-refractivity contribution in [2.45, 2.75) is 20.3 Å². The van der Waals surface area contributed by atoms with Crippen molar-refractivity contribution in [1.82, 2.24) is 0 Å². The van der Waals surface area contributed by atoms with Gasteiger partial charge in [-0.25, -0.2) is 0 Å². The molecule has 0 aliphatic carbocycles. The molecule has 0 spiro atoms. The van der Waals surface area contributed by atoms with Crippen molar-refractivity contribution in [2.75, 3.05) is 6.26 Å². The Bertz CT molecular complexity index is 180. The highest BCUT2D eigenvalue weighted by atomic mass is 32.2. The number of thioether (sulfide) groups is 1. The van der Waals surface area contributed by atoms with Gasteiger partial charge in [-0.1, -0.05) is 19.6 Å². The van der Waals surface area contributed by atoms with Crippen molar-refractivity contribution in [3.05, 3.63) is 23.3 Å². The van der Waals surface area contributed by atoms with E-state index in [9.17, 15) is 0 Å². The molecule has 1 nitrogen and oxygen atoms in total. The molecule has 0 unspecified atom stereocenters.